The van der Waals surface area contributed by atoms with E-state index in [1.807, 2.05) is 36.6 Å². The number of hydrogen-bond donors (Lipinski definition) is 3. The molecule has 7 heteroatoms. The zero-order chi connectivity index (χ0) is 18.5. The quantitative estimate of drug-likeness (QED) is 0.371. The number of benzene rings is 2. The van der Waals surface area contributed by atoms with Crippen molar-refractivity contribution in [2.45, 2.75) is 4.90 Å². The lowest BCUT2D eigenvalue weighted by molar-refractivity contribution is 0.536. The molecule has 0 radical (unpaired) electrons. The van der Waals surface area contributed by atoms with E-state index in [9.17, 15) is 0 Å². The first-order valence-corrected chi connectivity index (χ1v) is 8.99. The first kappa shape index (κ1) is 17.6. The maximum atomic E-state index is 8.16. The molecule has 0 bridgehead atoms. The fraction of sp³-hybridized carbons (Fsp3) is 0.0526. The van der Waals surface area contributed by atoms with Gasteiger partial charge in [-0.05, 0) is 24.5 Å². The number of anilines is 1. The maximum Gasteiger partial charge on any atom is 0.243 e. The SMILES string of the molecule is CSc1ccccc1-c1cnc(N)c(C(=N)OC(=N)c2ccccc2)n1. The molecule has 0 aliphatic heterocycles. The topological polar surface area (TPSA) is 109 Å². The molecule has 0 aliphatic rings. The number of ether oxygens (including phenoxy) is 1. The third-order valence-electron chi connectivity index (χ3n) is 3.64. The summed E-state index contributed by atoms with van der Waals surface area (Å²) in [7, 11) is 0. The van der Waals surface area contributed by atoms with Crippen LogP contribution in [0.5, 0.6) is 0 Å². The van der Waals surface area contributed by atoms with Crippen LogP contribution in [0.2, 0.25) is 0 Å². The minimum atomic E-state index is -0.313. The van der Waals surface area contributed by atoms with E-state index in [-0.39, 0.29) is 23.3 Å². The number of rotatable bonds is 4. The molecule has 0 aliphatic carbocycles. The van der Waals surface area contributed by atoms with Gasteiger partial charge in [-0.15, -0.1) is 11.8 Å². The third-order valence-corrected chi connectivity index (χ3v) is 4.43. The number of thioether (sulfide) groups is 1. The van der Waals surface area contributed by atoms with Crippen LogP contribution in [0.3, 0.4) is 0 Å². The Bertz CT molecular complexity index is 959. The molecule has 1 aromatic heterocycles. The first-order chi connectivity index (χ1) is 12.6. The van der Waals surface area contributed by atoms with Gasteiger partial charge in [0.2, 0.25) is 11.8 Å². The fourth-order valence-corrected chi connectivity index (χ4v) is 2.96. The lowest BCUT2D eigenvalue weighted by Gasteiger charge is -2.11. The van der Waals surface area contributed by atoms with E-state index in [2.05, 4.69) is 9.97 Å². The molecular formula is C19H17N5OS. The van der Waals surface area contributed by atoms with Gasteiger partial charge in [0.05, 0.1) is 11.9 Å². The molecular weight excluding hydrogens is 346 g/mol. The van der Waals surface area contributed by atoms with Crippen LogP contribution >= 0.6 is 11.8 Å². The Labute approximate surface area is 155 Å². The summed E-state index contributed by atoms with van der Waals surface area (Å²) in [5.74, 6) is -0.375. The molecule has 26 heavy (non-hydrogen) atoms. The van der Waals surface area contributed by atoms with E-state index < -0.39 is 0 Å². The summed E-state index contributed by atoms with van der Waals surface area (Å²) in [6.07, 6.45) is 3.56. The summed E-state index contributed by atoms with van der Waals surface area (Å²) >= 11 is 1.60. The van der Waals surface area contributed by atoms with Crippen LogP contribution in [0.4, 0.5) is 5.82 Å². The monoisotopic (exact) mass is 363 g/mol. The van der Waals surface area contributed by atoms with Gasteiger partial charge >= 0.3 is 0 Å². The van der Waals surface area contributed by atoms with Gasteiger partial charge in [-0.2, -0.15) is 0 Å². The number of nitrogens with zero attached hydrogens (tertiary/aromatic N) is 2. The van der Waals surface area contributed by atoms with Crippen LogP contribution in [-0.2, 0) is 4.74 Å². The molecule has 1 heterocycles. The molecule has 3 rings (SSSR count). The highest BCUT2D eigenvalue weighted by atomic mass is 32.2. The van der Waals surface area contributed by atoms with Crippen molar-refractivity contribution in [3.8, 4) is 11.3 Å². The highest BCUT2D eigenvalue weighted by Crippen LogP contribution is 2.29. The van der Waals surface area contributed by atoms with Crippen molar-refractivity contribution in [2.24, 2.45) is 0 Å². The van der Waals surface area contributed by atoms with Gasteiger partial charge in [-0.1, -0.05) is 36.4 Å². The number of nitrogen functional groups attached to an aromatic ring is 1. The molecule has 2 aromatic carbocycles. The minimum absolute atomic E-state index is 0.0845. The van der Waals surface area contributed by atoms with Gasteiger partial charge in [0.15, 0.2) is 11.5 Å². The largest absolute Gasteiger partial charge is 0.419 e. The summed E-state index contributed by atoms with van der Waals surface area (Å²) in [6.45, 7) is 0. The molecule has 0 saturated carbocycles. The van der Waals surface area contributed by atoms with Crippen molar-refractivity contribution in [1.82, 2.24) is 9.97 Å². The molecule has 0 spiro atoms. The standard InChI is InChI=1S/C19H17N5OS/c1-26-15-10-6-5-9-13(15)14-11-23-17(20)16(24-14)19(22)25-18(21)12-7-3-2-4-8-12/h2-11,21-22H,1H3,(H2,20,23). The van der Waals surface area contributed by atoms with Crippen LogP contribution in [0.25, 0.3) is 11.3 Å². The van der Waals surface area contributed by atoms with Gasteiger partial charge in [0, 0.05) is 16.0 Å². The van der Waals surface area contributed by atoms with Gasteiger partial charge < -0.3 is 10.5 Å². The Balaban J connectivity index is 1.90. The van der Waals surface area contributed by atoms with Gasteiger partial charge in [0.1, 0.15) is 0 Å². The van der Waals surface area contributed by atoms with Crippen molar-refractivity contribution < 1.29 is 4.74 Å². The normalized spacial score (nSPS) is 10.3. The Morgan fingerprint density at radius 3 is 2.42 bits per heavy atom. The third kappa shape index (κ3) is 3.73. The van der Waals surface area contributed by atoms with E-state index in [4.69, 9.17) is 21.3 Å². The Kier molecular flexibility index (Phi) is 5.28. The minimum Gasteiger partial charge on any atom is -0.419 e. The van der Waals surface area contributed by atoms with Crippen molar-refractivity contribution in [3.05, 3.63) is 72.1 Å². The molecule has 0 fully saturated rings. The Hall–Kier alpha value is -3.19. The molecule has 0 saturated heterocycles. The number of aromatic nitrogens is 2. The maximum absolute atomic E-state index is 8.16. The number of hydrogen-bond acceptors (Lipinski definition) is 7. The summed E-state index contributed by atoms with van der Waals surface area (Å²) in [6, 6.07) is 16.7. The molecule has 0 unspecified atom stereocenters. The summed E-state index contributed by atoms with van der Waals surface area (Å²) < 4.78 is 5.33. The van der Waals surface area contributed by atoms with Crippen LogP contribution in [0.1, 0.15) is 11.3 Å². The second-order valence-electron chi connectivity index (χ2n) is 5.32. The zero-order valence-electron chi connectivity index (χ0n) is 14.1. The second-order valence-corrected chi connectivity index (χ2v) is 6.16. The number of nitrogens with two attached hydrogens (primary N) is 1. The van der Waals surface area contributed by atoms with Crippen molar-refractivity contribution in [2.75, 3.05) is 12.0 Å². The molecule has 0 amide bonds. The van der Waals surface area contributed by atoms with E-state index in [1.54, 1.807) is 42.2 Å². The van der Waals surface area contributed by atoms with Crippen LogP contribution in [0, 0.1) is 10.8 Å². The van der Waals surface area contributed by atoms with Crippen LogP contribution in [0.15, 0.2) is 65.7 Å². The average Bonchev–Trinajstić information content (AvgIpc) is 2.69. The second kappa shape index (κ2) is 7.79. The van der Waals surface area contributed by atoms with E-state index in [0.717, 1.165) is 10.5 Å². The van der Waals surface area contributed by atoms with E-state index in [1.165, 1.54) is 0 Å². The molecule has 4 N–H and O–H groups in total. The van der Waals surface area contributed by atoms with Gasteiger partial charge in [-0.3, -0.25) is 10.8 Å². The van der Waals surface area contributed by atoms with Crippen molar-refractivity contribution >= 4 is 29.4 Å². The van der Waals surface area contributed by atoms with Crippen molar-refractivity contribution in [3.63, 3.8) is 0 Å². The highest BCUT2D eigenvalue weighted by molar-refractivity contribution is 7.98. The van der Waals surface area contributed by atoms with Gasteiger partial charge in [-0.25, -0.2) is 9.97 Å². The lowest BCUT2D eigenvalue weighted by Crippen LogP contribution is -2.17. The molecule has 6 nitrogen and oxygen atoms in total. The molecule has 3 aromatic rings. The van der Waals surface area contributed by atoms with Crippen LogP contribution < -0.4 is 5.73 Å². The van der Waals surface area contributed by atoms with Crippen molar-refractivity contribution in [1.29, 1.82) is 10.8 Å². The average molecular weight is 363 g/mol. The zero-order valence-corrected chi connectivity index (χ0v) is 14.9. The predicted molar refractivity (Wildman–Crippen MR) is 105 cm³/mol. The summed E-state index contributed by atoms with van der Waals surface area (Å²) in [5.41, 5.74) is 8.05. The van der Waals surface area contributed by atoms with Crippen LogP contribution in [-0.4, -0.2) is 28.0 Å². The smallest absolute Gasteiger partial charge is 0.243 e. The Morgan fingerprint density at radius 2 is 1.69 bits per heavy atom. The van der Waals surface area contributed by atoms with E-state index in [0.29, 0.717) is 11.3 Å². The summed E-state index contributed by atoms with van der Waals surface area (Å²) in [5, 5.41) is 16.2. The highest BCUT2D eigenvalue weighted by Gasteiger charge is 2.16. The molecule has 0 atom stereocenters. The molecule has 130 valence electrons. The van der Waals surface area contributed by atoms with Gasteiger partial charge in [0.25, 0.3) is 0 Å². The number of nitrogens with one attached hydrogen (secondary N) is 2. The van der Waals surface area contributed by atoms with E-state index >= 15 is 0 Å². The Morgan fingerprint density at radius 1 is 1.00 bits per heavy atom. The fourth-order valence-electron chi connectivity index (χ4n) is 2.35. The summed E-state index contributed by atoms with van der Waals surface area (Å²) in [4.78, 5) is 9.64. The first-order valence-electron chi connectivity index (χ1n) is 7.77. The lowest BCUT2D eigenvalue weighted by atomic mass is 10.1. The predicted octanol–water partition coefficient (Wildman–Crippen LogP) is 3.82.